The molecule has 6 nitrogen and oxygen atoms in total. The maximum Gasteiger partial charge on any atom is 0.276 e. The molecule has 1 amide bonds. The summed E-state index contributed by atoms with van der Waals surface area (Å²) < 4.78 is 1.65. The summed E-state index contributed by atoms with van der Waals surface area (Å²) in [6, 6.07) is 8.14. The summed E-state index contributed by atoms with van der Waals surface area (Å²) in [5, 5.41) is 8.13. The minimum atomic E-state index is -0.0490. The Morgan fingerprint density at radius 1 is 1.35 bits per heavy atom. The number of rotatable bonds is 3. The fourth-order valence-electron chi connectivity index (χ4n) is 3.05. The summed E-state index contributed by atoms with van der Waals surface area (Å²) in [6.07, 6.45) is 3.61. The number of carbonyl (C=O) groups excluding carboxylic acids is 1. The van der Waals surface area contributed by atoms with Crippen LogP contribution in [0.5, 0.6) is 0 Å². The van der Waals surface area contributed by atoms with E-state index in [0.717, 1.165) is 37.2 Å². The molecule has 1 unspecified atom stereocenters. The second-order valence-electron chi connectivity index (χ2n) is 6.38. The van der Waals surface area contributed by atoms with Crippen molar-refractivity contribution >= 4 is 5.91 Å². The second kappa shape index (κ2) is 6.50. The molecule has 0 bridgehead atoms. The Bertz CT molecular complexity index is 686. The van der Waals surface area contributed by atoms with E-state index in [2.05, 4.69) is 10.3 Å². The molecule has 1 aromatic carbocycles. The van der Waals surface area contributed by atoms with Gasteiger partial charge in [-0.3, -0.25) is 4.79 Å². The Morgan fingerprint density at radius 3 is 2.74 bits per heavy atom. The molecule has 3 rings (SSSR count). The molecule has 1 fully saturated rings. The van der Waals surface area contributed by atoms with E-state index in [-0.39, 0.29) is 11.9 Å². The van der Waals surface area contributed by atoms with Gasteiger partial charge in [0.2, 0.25) is 0 Å². The van der Waals surface area contributed by atoms with Crippen LogP contribution in [-0.2, 0) is 0 Å². The van der Waals surface area contributed by atoms with E-state index in [0.29, 0.717) is 11.6 Å². The largest absolute Gasteiger partial charge is 0.337 e. The summed E-state index contributed by atoms with van der Waals surface area (Å²) in [4.78, 5) is 14.4. The normalized spacial score (nSPS) is 17.3. The van der Waals surface area contributed by atoms with Crippen LogP contribution in [0.15, 0.2) is 30.5 Å². The lowest BCUT2D eigenvalue weighted by molar-refractivity contribution is 0.0675. The lowest BCUT2D eigenvalue weighted by Gasteiger charge is -2.33. The van der Waals surface area contributed by atoms with Gasteiger partial charge in [0.1, 0.15) is 0 Å². The smallest absolute Gasteiger partial charge is 0.276 e. The van der Waals surface area contributed by atoms with Crippen molar-refractivity contribution in [2.24, 2.45) is 11.7 Å². The fourth-order valence-corrected chi connectivity index (χ4v) is 3.05. The zero-order chi connectivity index (χ0) is 16.4. The number of hydrogen-bond acceptors (Lipinski definition) is 4. The molecule has 1 aromatic heterocycles. The van der Waals surface area contributed by atoms with Crippen molar-refractivity contribution in [3.63, 3.8) is 0 Å². The first-order valence-corrected chi connectivity index (χ1v) is 8.09. The predicted molar refractivity (Wildman–Crippen MR) is 88.4 cm³/mol. The third-order valence-electron chi connectivity index (χ3n) is 4.55. The van der Waals surface area contributed by atoms with Crippen molar-refractivity contribution in [1.29, 1.82) is 0 Å². The first-order valence-electron chi connectivity index (χ1n) is 8.09. The molecule has 1 aliphatic heterocycles. The molecule has 2 N–H and O–H groups in total. The van der Waals surface area contributed by atoms with Crippen LogP contribution in [0.4, 0.5) is 0 Å². The molecule has 0 saturated carbocycles. The van der Waals surface area contributed by atoms with E-state index in [1.165, 1.54) is 0 Å². The summed E-state index contributed by atoms with van der Waals surface area (Å²) in [6.45, 7) is 5.54. The molecule has 1 atom stereocenters. The van der Waals surface area contributed by atoms with Crippen molar-refractivity contribution in [2.75, 3.05) is 13.1 Å². The Kier molecular flexibility index (Phi) is 4.43. The number of benzene rings is 1. The number of nitrogens with zero attached hydrogens (tertiary/aromatic N) is 4. The molecule has 0 spiro atoms. The molecule has 0 radical (unpaired) electrons. The molecule has 2 aromatic rings. The van der Waals surface area contributed by atoms with Gasteiger partial charge in [-0.15, -0.1) is 5.10 Å². The fraction of sp³-hybridized carbons (Fsp3) is 0.471. The Hall–Kier alpha value is -2.21. The summed E-state index contributed by atoms with van der Waals surface area (Å²) in [7, 11) is 0. The maximum absolute atomic E-state index is 12.6. The molecule has 6 heteroatoms. The average Bonchev–Trinajstić information content (AvgIpc) is 3.04. The summed E-state index contributed by atoms with van der Waals surface area (Å²) >= 11 is 0. The number of likely N-dealkylation sites (tertiary alicyclic amines) is 1. The number of aromatic nitrogens is 3. The van der Waals surface area contributed by atoms with Gasteiger partial charge in [-0.25, -0.2) is 4.68 Å². The number of piperidine rings is 1. The van der Waals surface area contributed by atoms with Gasteiger partial charge in [0, 0.05) is 19.1 Å². The zero-order valence-corrected chi connectivity index (χ0v) is 13.6. The van der Waals surface area contributed by atoms with Crippen molar-refractivity contribution in [3.05, 3.63) is 41.7 Å². The molecule has 2 heterocycles. The quantitative estimate of drug-likeness (QED) is 0.937. The summed E-state index contributed by atoms with van der Waals surface area (Å²) in [5.41, 5.74) is 8.40. The van der Waals surface area contributed by atoms with Crippen LogP contribution in [0.2, 0.25) is 0 Å². The Labute approximate surface area is 136 Å². The van der Waals surface area contributed by atoms with Crippen molar-refractivity contribution in [1.82, 2.24) is 19.9 Å². The molecule has 23 heavy (non-hydrogen) atoms. The maximum atomic E-state index is 12.6. The van der Waals surface area contributed by atoms with Crippen LogP contribution in [0.1, 0.15) is 35.8 Å². The molecular weight excluding hydrogens is 290 g/mol. The van der Waals surface area contributed by atoms with E-state index in [9.17, 15) is 4.79 Å². The number of nitrogens with two attached hydrogens (primary N) is 1. The minimum absolute atomic E-state index is 0.0490. The van der Waals surface area contributed by atoms with Gasteiger partial charge in [0.25, 0.3) is 5.91 Å². The number of amides is 1. The highest BCUT2D eigenvalue weighted by Gasteiger charge is 2.26. The van der Waals surface area contributed by atoms with Gasteiger partial charge in [-0.2, -0.15) is 0 Å². The van der Waals surface area contributed by atoms with Gasteiger partial charge in [0.05, 0.1) is 11.9 Å². The number of aryl methyl sites for hydroxylation is 1. The Balaban J connectivity index is 1.70. The zero-order valence-electron chi connectivity index (χ0n) is 13.6. The molecular formula is C17H23N5O. The minimum Gasteiger partial charge on any atom is -0.337 e. The van der Waals surface area contributed by atoms with Crippen LogP contribution < -0.4 is 5.73 Å². The van der Waals surface area contributed by atoms with E-state index in [1.54, 1.807) is 10.9 Å². The predicted octanol–water partition coefficient (Wildman–Crippen LogP) is 1.78. The highest BCUT2D eigenvalue weighted by molar-refractivity contribution is 5.92. The van der Waals surface area contributed by atoms with E-state index in [1.807, 2.05) is 43.0 Å². The monoisotopic (exact) mass is 313 g/mol. The highest BCUT2D eigenvalue weighted by Crippen LogP contribution is 2.20. The third kappa shape index (κ3) is 3.42. The molecule has 0 aliphatic carbocycles. The second-order valence-corrected chi connectivity index (χ2v) is 6.38. The highest BCUT2D eigenvalue weighted by atomic mass is 16.2. The average molecular weight is 313 g/mol. The van der Waals surface area contributed by atoms with Crippen LogP contribution in [0.3, 0.4) is 0 Å². The van der Waals surface area contributed by atoms with Crippen LogP contribution >= 0.6 is 0 Å². The van der Waals surface area contributed by atoms with Gasteiger partial charge in [0.15, 0.2) is 5.69 Å². The van der Waals surface area contributed by atoms with Crippen LogP contribution in [-0.4, -0.2) is 44.9 Å². The molecule has 1 aliphatic rings. The van der Waals surface area contributed by atoms with Crippen LogP contribution in [0.25, 0.3) is 5.69 Å². The van der Waals surface area contributed by atoms with Gasteiger partial charge in [-0.05, 0) is 50.3 Å². The van der Waals surface area contributed by atoms with Crippen molar-refractivity contribution < 1.29 is 4.79 Å². The van der Waals surface area contributed by atoms with E-state index < -0.39 is 0 Å². The van der Waals surface area contributed by atoms with Crippen molar-refractivity contribution in [3.8, 4) is 5.69 Å². The SMILES string of the molecule is Cc1cccc(-n2cc(C(=O)N3CCC(C(C)N)CC3)nn2)c1. The first kappa shape index (κ1) is 15.7. The van der Waals surface area contributed by atoms with Crippen LogP contribution in [0, 0.1) is 12.8 Å². The third-order valence-corrected chi connectivity index (χ3v) is 4.55. The van der Waals surface area contributed by atoms with E-state index in [4.69, 9.17) is 5.73 Å². The van der Waals surface area contributed by atoms with Gasteiger partial charge < -0.3 is 10.6 Å². The lowest BCUT2D eigenvalue weighted by atomic mass is 9.91. The van der Waals surface area contributed by atoms with Crippen molar-refractivity contribution in [2.45, 2.75) is 32.7 Å². The lowest BCUT2D eigenvalue weighted by Crippen LogP contribution is -2.42. The first-order chi connectivity index (χ1) is 11.0. The Morgan fingerprint density at radius 2 is 2.09 bits per heavy atom. The standard InChI is InChI=1S/C17H23N5O/c1-12-4-3-5-15(10-12)22-11-16(19-20-22)17(23)21-8-6-14(7-9-21)13(2)18/h3-5,10-11,13-14H,6-9,18H2,1-2H3. The number of hydrogen-bond donors (Lipinski definition) is 1. The van der Waals surface area contributed by atoms with Gasteiger partial charge in [-0.1, -0.05) is 17.3 Å². The summed E-state index contributed by atoms with van der Waals surface area (Å²) in [5.74, 6) is 0.453. The van der Waals surface area contributed by atoms with Gasteiger partial charge >= 0.3 is 0 Å². The molecule has 1 saturated heterocycles. The molecule has 122 valence electrons. The van der Waals surface area contributed by atoms with E-state index >= 15 is 0 Å². The topological polar surface area (TPSA) is 77.0 Å². The number of carbonyl (C=O) groups is 1.